The van der Waals surface area contributed by atoms with Crippen molar-refractivity contribution in [2.45, 2.75) is 20.8 Å². The molecule has 4 rings (SSSR count). The van der Waals surface area contributed by atoms with Crippen molar-refractivity contribution in [2.75, 3.05) is 5.32 Å². The van der Waals surface area contributed by atoms with E-state index < -0.39 is 5.91 Å². The molecule has 0 saturated heterocycles. The largest absolute Gasteiger partial charge is 0.321 e. The molecule has 0 atom stereocenters. The lowest BCUT2D eigenvalue weighted by atomic mass is 10.0. The van der Waals surface area contributed by atoms with E-state index in [0.29, 0.717) is 5.69 Å². The molecule has 1 aromatic heterocycles. The monoisotopic (exact) mass is 408 g/mol. The number of benzene rings is 3. The van der Waals surface area contributed by atoms with Crippen LogP contribution in [-0.4, -0.2) is 10.5 Å². The summed E-state index contributed by atoms with van der Waals surface area (Å²) in [5, 5.41) is 2.99. The van der Waals surface area contributed by atoms with E-state index >= 15 is 0 Å². The fourth-order valence-corrected chi connectivity index (χ4v) is 3.92. The number of amides is 1. The minimum atomic E-state index is -0.411. The molecule has 1 N–H and O–H groups in total. The predicted octanol–water partition coefficient (Wildman–Crippen LogP) is 5.68. The molecule has 0 bridgehead atoms. The summed E-state index contributed by atoms with van der Waals surface area (Å²) in [4.78, 5) is 26.6. The van der Waals surface area contributed by atoms with Crippen LogP contribution in [0.1, 0.15) is 27.2 Å². The van der Waals surface area contributed by atoms with Crippen molar-refractivity contribution in [1.82, 2.24) is 4.57 Å². The Morgan fingerprint density at radius 1 is 0.774 bits per heavy atom. The topological polar surface area (TPSA) is 51.1 Å². The highest BCUT2D eigenvalue weighted by Crippen LogP contribution is 2.28. The second-order valence-electron chi connectivity index (χ2n) is 7.63. The molecule has 0 aliphatic carbocycles. The van der Waals surface area contributed by atoms with Crippen molar-refractivity contribution in [1.29, 1.82) is 0 Å². The van der Waals surface area contributed by atoms with Gasteiger partial charge in [-0.05, 0) is 49.6 Å². The summed E-state index contributed by atoms with van der Waals surface area (Å²) in [5.41, 5.74) is 5.50. The molecule has 0 radical (unpaired) electrons. The number of carbonyl (C=O) groups excluding carboxylic acids is 1. The molecule has 4 aromatic rings. The Morgan fingerprint density at radius 2 is 1.35 bits per heavy atom. The molecule has 4 heteroatoms. The number of para-hydroxylation sites is 2. The summed E-state index contributed by atoms with van der Waals surface area (Å²) in [5.74, 6) is -0.411. The van der Waals surface area contributed by atoms with Crippen LogP contribution in [0.15, 0.2) is 89.7 Å². The van der Waals surface area contributed by atoms with Crippen molar-refractivity contribution in [3.63, 3.8) is 0 Å². The maximum atomic E-state index is 13.5. The van der Waals surface area contributed by atoms with Gasteiger partial charge < -0.3 is 9.88 Å². The molecule has 1 amide bonds. The smallest absolute Gasteiger partial charge is 0.261 e. The Morgan fingerprint density at radius 3 is 1.97 bits per heavy atom. The molecule has 3 aromatic carbocycles. The summed E-state index contributed by atoms with van der Waals surface area (Å²) in [6, 6.07) is 26.7. The highest BCUT2D eigenvalue weighted by atomic mass is 16.2. The first-order valence-corrected chi connectivity index (χ1v) is 10.2. The van der Waals surface area contributed by atoms with Crippen LogP contribution in [0.2, 0.25) is 0 Å². The van der Waals surface area contributed by atoms with Gasteiger partial charge in [0.15, 0.2) is 5.43 Å². The standard InChI is InChI=1S/C27H24N2O2/c1-18-11-10-12-19(2)25(18)28-27(31)24-23(30)17-20(3)29(22-15-8-5-9-16-22)26(24)21-13-6-4-7-14-21/h4-17H,1-3H3,(H,28,31). The fraction of sp³-hybridized carbons (Fsp3) is 0.111. The van der Waals surface area contributed by atoms with Crippen LogP contribution in [0, 0.1) is 20.8 Å². The molecule has 0 aliphatic heterocycles. The highest BCUT2D eigenvalue weighted by molar-refractivity contribution is 6.09. The summed E-state index contributed by atoms with van der Waals surface area (Å²) in [7, 11) is 0. The van der Waals surface area contributed by atoms with Gasteiger partial charge in [-0.2, -0.15) is 0 Å². The summed E-state index contributed by atoms with van der Waals surface area (Å²) in [6.07, 6.45) is 0. The Hall–Kier alpha value is -3.92. The first-order chi connectivity index (χ1) is 15.0. The molecular formula is C27H24N2O2. The average molecular weight is 409 g/mol. The number of aromatic nitrogens is 1. The van der Waals surface area contributed by atoms with Gasteiger partial charge in [0, 0.05) is 23.1 Å². The molecule has 0 fully saturated rings. The van der Waals surface area contributed by atoms with Crippen molar-refractivity contribution in [2.24, 2.45) is 0 Å². The van der Waals surface area contributed by atoms with Crippen LogP contribution in [0.25, 0.3) is 16.9 Å². The van der Waals surface area contributed by atoms with Crippen molar-refractivity contribution >= 4 is 11.6 Å². The molecule has 0 saturated carbocycles. The van der Waals surface area contributed by atoms with Crippen LogP contribution < -0.4 is 10.7 Å². The van der Waals surface area contributed by atoms with Crippen LogP contribution in [0.4, 0.5) is 5.69 Å². The van der Waals surface area contributed by atoms with E-state index in [-0.39, 0.29) is 11.0 Å². The van der Waals surface area contributed by atoms with E-state index in [0.717, 1.165) is 33.8 Å². The number of aryl methyl sites for hydroxylation is 3. The summed E-state index contributed by atoms with van der Waals surface area (Å²) in [6.45, 7) is 5.77. The third kappa shape index (κ3) is 3.92. The van der Waals surface area contributed by atoms with Gasteiger partial charge in [-0.15, -0.1) is 0 Å². The van der Waals surface area contributed by atoms with Gasteiger partial charge in [-0.25, -0.2) is 0 Å². The van der Waals surface area contributed by atoms with E-state index in [1.54, 1.807) is 0 Å². The lowest BCUT2D eigenvalue weighted by molar-refractivity contribution is 0.102. The minimum Gasteiger partial charge on any atom is -0.321 e. The van der Waals surface area contributed by atoms with Gasteiger partial charge >= 0.3 is 0 Å². The lowest BCUT2D eigenvalue weighted by Gasteiger charge is -2.21. The van der Waals surface area contributed by atoms with Gasteiger partial charge in [0.05, 0.1) is 5.69 Å². The molecule has 0 aliphatic rings. The van der Waals surface area contributed by atoms with Gasteiger partial charge in [0.25, 0.3) is 5.91 Å². The normalized spacial score (nSPS) is 10.7. The molecule has 154 valence electrons. The SMILES string of the molecule is Cc1cccc(C)c1NC(=O)c1c(-c2ccccc2)n(-c2ccccc2)c(C)cc1=O. The number of anilines is 1. The lowest BCUT2D eigenvalue weighted by Crippen LogP contribution is -2.26. The summed E-state index contributed by atoms with van der Waals surface area (Å²) < 4.78 is 1.97. The highest BCUT2D eigenvalue weighted by Gasteiger charge is 2.23. The quantitative estimate of drug-likeness (QED) is 0.472. The summed E-state index contributed by atoms with van der Waals surface area (Å²) >= 11 is 0. The van der Waals surface area contributed by atoms with Gasteiger partial charge in [-0.1, -0.05) is 66.7 Å². The van der Waals surface area contributed by atoms with Crippen molar-refractivity contribution in [3.8, 4) is 16.9 Å². The van der Waals surface area contributed by atoms with Crippen LogP contribution in [0.3, 0.4) is 0 Å². The van der Waals surface area contributed by atoms with E-state index in [1.807, 2.05) is 104 Å². The first kappa shape index (κ1) is 20.4. The van der Waals surface area contributed by atoms with Crippen LogP contribution in [-0.2, 0) is 0 Å². The molecule has 0 unspecified atom stereocenters. The Bertz CT molecular complexity index is 1290. The number of rotatable bonds is 4. The average Bonchev–Trinajstić information content (AvgIpc) is 2.77. The molecule has 0 spiro atoms. The Labute approximate surface area is 181 Å². The zero-order valence-corrected chi connectivity index (χ0v) is 17.8. The van der Waals surface area contributed by atoms with E-state index in [1.165, 1.54) is 6.07 Å². The molecular weight excluding hydrogens is 384 g/mol. The Kier molecular flexibility index (Phi) is 5.54. The second-order valence-corrected chi connectivity index (χ2v) is 7.63. The third-order valence-corrected chi connectivity index (χ3v) is 5.41. The number of pyridine rings is 1. The van der Waals surface area contributed by atoms with Crippen molar-refractivity contribution in [3.05, 3.63) is 118 Å². The maximum absolute atomic E-state index is 13.5. The molecule has 31 heavy (non-hydrogen) atoms. The van der Waals surface area contributed by atoms with E-state index in [2.05, 4.69) is 5.32 Å². The van der Waals surface area contributed by atoms with Crippen LogP contribution >= 0.6 is 0 Å². The van der Waals surface area contributed by atoms with Crippen LogP contribution in [0.5, 0.6) is 0 Å². The number of hydrogen-bond acceptors (Lipinski definition) is 2. The van der Waals surface area contributed by atoms with Gasteiger partial charge in [0.1, 0.15) is 5.56 Å². The second kappa shape index (κ2) is 8.44. The zero-order chi connectivity index (χ0) is 22.0. The first-order valence-electron chi connectivity index (χ1n) is 10.2. The van der Waals surface area contributed by atoms with E-state index in [9.17, 15) is 9.59 Å². The van der Waals surface area contributed by atoms with Crippen molar-refractivity contribution < 1.29 is 4.79 Å². The fourth-order valence-electron chi connectivity index (χ4n) is 3.92. The zero-order valence-electron chi connectivity index (χ0n) is 17.8. The number of nitrogens with one attached hydrogen (secondary N) is 1. The van der Waals surface area contributed by atoms with Gasteiger partial charge in [0.2, 0.25) is 0 Å². The number of hydrogen-bond donors (Lipinski definition) is 1. The number of carbonyl (C=O) groups is 1. The third-order valence-electron chi connectivity index (χ3n) is 5.41. The Balaban J connectivity index is 1.98. The molecule has 1 heterocycles. The van der Waals surface area contributed by atoms with E-state index in [4.69, 9.17) is 0 Å². The minimum absolute atomic E-state index is 0.128. The number of nitrogens with zero attached hydrogens (tertiary/aromatic N) is 1. The maximum Gasteiger partial charge on any atom is 0.261 e. The predicted molar refractivity (Wildman–Crippen MR) is 126 cm³/mol. The van der Waals surface area contributed by atoms with Gasteiger partial charge in [-0.3, -0.25) is 9.59 Å². The molecule has 4 nitrogen and oxygen atoms in total.